The van der Waals surface area contributed by atoms with Crippen LogP contribution in [0, 0.1) is 0 Å². The largest absolute Gasteiger partial charge is 0.493 e. The molecule has 0 N–H and O–H groups in total. The standard InChI is InChI=1S/C21H16O4S/c1-24-19-14-15(9-11-17(22)16-6-3-2-4-7-16)10-12-18(19)25-21(23)20-8-5-13-26-20/h2-14H,1H3/b11-9+. The monoisotopic (exact) mass is 364 g/mol. The molecule has 0 aliphatic carbocycles. The molecule has 0 saturated carbocycles. The summed E-state index contributed by atoms with van der Waals surface area (Å²) in [4.78, 5) is 24.7. The fourth-order valence-electron chi connectivity index (χ4n) is 2.29. The number of ketones is 1. The van der Waals surface area contributed by atoms with Gasteiger partial charge < -0.3 is 9.47 Å². The van der Waals surface area contributed by atoms with Crippen molar-refractivity contribution in [2.75, 3.05) is 7.11 Å². The molecule has 0 spiro atoms. The Balaban J connectivity index is 1.75. The lowest BCUT2D eigenvalue weighted by Crippen LogP contribution is -2.07. The number of rotatable bonds is 6. The third-order valence-electron chi connectivity index (χ3n) is 3.60. The maximum absolute atomic E-state index is 12.1. The lowest BCUT2D eigenvalue weighted by molar-refractivity contribution is 0.0734. The molecule has 0 atom stereocenters. The molecule has 0 radical (unpaired) electrons. The average molecular weight is 364 g/mol. The quantitative estimate of drug-likeness (QED) is 0.271. The summed E-state index contributed by atoms with van der Waals surface area (Å²) < 4.78 is 10.7. The number of benzene rings is 2. The molecular formula is C21H16O4S. The zero-order chi connectivity index (χ0) is 18.4. The molecule has 1 aromatic heterocycles. The number of allylic oxidation sites excluding steroid dienone is 1. The summed E-state index contributed by atoms with van der Waals surface area (Å²) in [6, 6.07) is 17.6. The molecule has 1 heterocycles. The van der Waals surface area contributed by atoms with Gasteiger partial charge in [-0.05, 0) is 35.2 Å². The van der Waals surface area contributed by atoms with Gasteiger partial charge in [0.25, 0.3) is 0 Å². The van der Waals surface area contributed by atoms with Crippen molar-refractivity contribution >= 4 is 29.2 Å². The van der Waals surface area contributed by atoms with Gasteiger partial charge >= 0.3 is 5.97 Å². The van der Waals surface area contributed by atoms with Crippen molar-refractivity contribution in [3.8, 4) is 11.5 Å². The van der Waals surface area contributed by atoms with Crippen LogP contribution in [0.15, 0.2) is 72.1 Å². The zero-order valence-corrected chi connectivity index (χ0v) is 14.9. The van der Waals surface area contributed by atoms with Crippen LogP contribution in [-0.2, 0) is 0 Å². The molecule has 0 aliphatic heterocycles. The van der Waals surface area contributed by atoms with Gasteiger partial charge in [-0.15, -0.1) is 11.3 Å². The second-order valence-corrected chi connectivity index (χ2v) is 6.29. The summed E-state index contributed by atoms with van der Waals surface area (Å²) >= 11 is 1.31. The summed E-state index contributed by atoms with van der Waals surface area (Å²) in [5, 5.41) is 1.81. The number of esters is 1. The van der Waals surface area contributed by atoms with E-state index in [2.05, 4.69) is 0 Å². The number of methoxy groups -OCH3 is 1. The molecule has 5 heteroatoms. The molecule has 4 nitrogen and oxygen atoms in total. The zero-order valence-electron chi connectivity index (χ0n) is 14.0. The molecule has 0 fully saturated rings. The van der Waals surface area contributed by atoms with Gasteiger partial charge in [0, 0.05) is 5.56 Å². The van der Waals surface area contributed by atoms with Gasteiger partial charge in [0.2, 0.25) is 0 Å². The summed E-state index contributed by atoms with van der Waals surface area (Å²) in [6.45, 7) is 0. The Hall–Kier alpha value is -3.18. The highest BCUT2D eigenvalue weighted by atomic mass is 32.1. The van der Waals surface area contributed by atoms with E-state index in [1.165, 1.54) is 24.5 Å². The van der Waals surface area contributed by atoms with Crippen LogP contribution < -0.4 is 9.47 Å². The minimum Gasteiger partial charge on any atom is -0.493 e. The first-order chi connectivity index (χ1) is 12.7. The van der Waals surface area contributed by atoms with Gasteiger partial charge in [0.1, 0.15) is 4.88 Å². The van der Waals surface area contributed by atoms with E-state index >= 15 is 0 Å². The summed E-state index contributed by atoms with van der Waals surface area (Å²) in [6.07, 6.45) is 3.20. The minimum atomic E-state index is -0.430. The first-order valence-electron chi connectivity index (χ1n) is 7.88. The third kappa shape index (κ3) is 4.26. The van der Waals surface area contributed by atoms with Gasteiger partial charge in [-0.3, -0.25) is 4.79 Å². The Morgan fingerprint density at radius 3 is 2.46 bits per heavy atom. The number of carbonyl (C=O) groups is 2. The van der Waals surface area contributed by atoms with E-state index in [9.17, 15) is 9.59 Å². The van der Waals surface area contributed by atoms with E-state index in [-0.39, 0.29) is 5.78 Å². The number of hydrogen-bond acceptors (Lipinski definition) is 5. The molecule has 0 unspecified atom stereocenters. The van der Waals surface area contributed by atoms with E-state index in [0.717, 1.165) is 5.56 Å². The van der Waals surface area contributed by atoms with E-state index in [0.29, 0.717) is 21.9 Å². The van der Waals surface area contributed by atoms with Gasteiger partial charge in [0.05, 0.1) is 7.11 Å². The van der Waals surface area contributed by atoms with Gasteiger partial charge in [-0.2, -0.15) is 0 Å². The van der Waals surface area contributed by atoms with Gasteiger partial charge in [-0.25, -0.2) is 4.79 Å². The van der Waals surface area contributed by atoms with Crippen molar-refractivity contribution in [3.05, 3.63) is 88.1 Å². The molecule has 3 rings (SSSR count). The topological polar surface area (TPSA) is 52.6 Å². The van der Waals surface area contributed by atoms with Crippen LogP contribution >= 0.6 is 11.3 Å². The van der Waals surface area contributed by atoms with Crippen LogP contribution in [0.4, 0.5) is 0 Å². The predicted octanol–water partition coefficient (Wildman–Crippen LogP) is 4.87. The van der Waals surface area contributed by atoms with Crippen molar-refractivity contribution in [2.24, 2.45) is 0 Å². The highest BCUT2D eigenvalue weighted by molar-refractivity contribution is 7.12. The lowest BCUT2D eigenvalue weighted by atomic mass is 10.1. The molecule has 0 amide bonds. The van der Waals surface area contributed by atoms with Crippen LogP contribution in [0.3, 0.4) is 0 Å². The SMILES string of the molecule is COc1cc(/C=C/C(=O)c2ccccc2)ccc1OC(=O)c1cccs1. The predicted molar refractivity (Wildman–Crippen MR) is 102 cm³/mol. The number of thiophene rings is 1. The van der Waals surface area contributed by atoms with Crippen molar-refractivity contribution in [3.63, 3.8) is 0 Å². The van der Waals surface area contributed by atoms with Crippen LogP contribution in [0.2, 0.25) is 0 Å². The maximum Gasteiger partial charge on any atom is 0.353 e. The van der Waals surface area contributed by atoms with Crippen LogP contribution in [-0.4, -0.2) is 18.9 Å². The Morgan fingerprint density at radius 2 is 1.77 bits per heavy atom. The van der Waals surface area contributed by atoms with Crippen molar-refractivity contribution in [2.45, 2.75) is 0 Å². The third-order valence-corrected chi connectivity index (χ3v) is 4.45. The van der Waals surface area contributed by atoms with Crippen LogP contribution in [0.1, 0.15) is 25.6 Å². The lowest BCUT2D eigenvalue weighted by Gasteiger charge is -2.09. The normalized spacial score (nSPS) is 10.7. The summed E-state index contributed by atoms with van der Waals surface area (Å²) in [7, 11) is 1.50. The summed E-state index contributed by atoms with van der Waals surface area (Å²) in [5.74, 6) is 0.236. The average Bonchev–Trinajstić information content (AvgIpc) is 3.22. The van der Waals surface area contributed by atoms with Crippen molar-refractivity contribution in [1.29, 1.82) is 0 Å². The smallest absolute Gasteiger partial charge is 0.353 e. The van der Waals surface area contributed by atoms with E-state index < -0.39 is 5.97 Å². The molecule has 0 saturated heterocycles. The number of ether oxygens (including phenoxy) is 2. The highest BCUT2D eigenvalue weighted by Gasteiger charge is 2.13. The summed E-state index contributed by atoms with van der Waals surface area (Å²) in [5.41, 5.74) is 1.39. The molecule has 2 aromatic carbocycles. The van der Waals surface area contributed by atoms with E-state index in [1.807, 2.05) is 23.6 Å². The molecule has 0 aliphatic rings. The fourth-order valence-corrected chi connectivity index (χ4v) is 2.89. The minimum absolute atomic E-state index is 0.0854. The van der Waals surface area contributed by atoms with Crippen LogP contribution in [0.5, 0.6) is 11.5 Å². The van der Waals surface area contributed by atoms with E-state index in [1.54, 1.807) is 48.5 Å². The highest BCUT2D eigenvalue weighted by Crippen LogP contribution is 2.29. The molecule has 3 aromatic rings. The second kappa shape index (κ2) is 8.27. The molecule has 26 heavy (non-hydrogen) atoms. The molecular weight excluding hydrogens is 348 g/mol. The number of hydrogen-bond donors (Lipinski definition) is 0. The fraction of sp³-hybridized carbons (Fsp3) is 0.0476. The Kier molecular flexibility index (Phi) is 5.61. The maximum atomic E-state index is 12.1. The van der Waals surface area contributed by atoms with Crippen molar-refractivity contribution < 1.29 is 19.1 Å². The second-order valence-electron chi connectivity index (χ2n) is 5.34. The molecule has 0 bridgehead atoms. The molecule has 130 valence electrons. The van der Waals surface area contributed by atoms with Crippen LogP contribution in [0.25, 0.3) is 6.08 Å². The van der Waals surface area contributed by atoms with Gasteiger partial charge in [-0.1, -0.05) is 48.5 Å². The van der Waals surface area contributed by atoms with Gasteiger partial charge in [0.15, 0.2) is 17.3 Å². The number of carbonyl (C=O) groups excluding carboxylic acids is 2. The Labute approximate surface area is 155 Å². The Bertz CT molecular complexity index is 928. The van der Waals surface area contributed by atoms with Crippen molar-refractivity contribution in [1.82, 2.24) is 0 Å². The Morgan fingerprint density at radius 1 is 0.962 bits per heavy atom. The van der Waals surface area contributed by atoms with E-state index in [4.69, 9.17) is 9.47 Å². The first kappa shape index (κ1) is 17.6. The first-order valence-corrected chi connectivity index (χ1v) is 8.76.